The van der Waals surface area contributed by atoms with Crippen LogP contribution < -0.4 is 10.7 Å². The summed E-state index contributed by atoms with van der Waals surface area (Å²) in [6.07, 6.45) is 1.50. The van der Waals surface area contributed by atoms with Crippen molar-refractivity contribution in [2.75, 3.05) is 5.32 Å². The highest BCUT2D eigenvalue weighted by atomic mass is 19.1. The first-order valence-electron chi connectivity index (χ1n) is 11.3. The normalized spacial score (nSPS) is 11.1. The molecule has 36 heavy (non-hydrogen) atoms. The molecule has 0 atom stereocenters. The number of hydrogen-bond acceptors (Lipinski definition) is 6. The number of aryl methyl sites for hydroxylation is 3. The molecule has 3 heterocycles. The number of hydrogen-bond donors (Lipinski definition) is 1. The van der Waals surface area contributed by atoms with E-state index in [1.165, 1.54) is 30.5 Å². The number of nitrogens with zero attached hydrogens (tertiary/aromatic N) is 4. The molecule has 0 saturated carbocycles. The van der Waals surface area contributed by atoms with Crippen molar-refractivity contribution in [3.05, 3.63) is 93.7 Å². The van der Waals surface area contributed by atoms with Crippen molar-refractivity contribution < 1.29 is 13.7 Å². The summed E-state index contributed by atoms with van der Waals surface area (Å²) in [6.45, 7) is 5.59. The van der Waals surface area contributed by atoms with Gasteiger partial charge in [-0.3, -0.25) is 9.59 Å². The highest BCUT2D eigenvalue weighted by molar-refractivity contribution is 5.92. The van der Waals surface area contributed by atoms with Crippen LogP contribution in [0.5, 0.6) is 0 Å². The highest BCUT2D eigenvalue weighted by Crippen LogP contribution is 2.23. The summed E-state index contributed by atoms with van der Waals surface area (Å²) in [5, 5.41) is 7.19. The predicted octanol–water partition coefficient (Wildman–Crippen LogP) is 4.82. The summed E-state index contributed by atoms with van der Waals surface area (Å²) >= 11 is 0. The number of aromatic nitrogens is 4. The summed E-state index contributed by atoms with van der Waals surface area (Å²) in [4.78, 5) is 35.2. The van der Waals surface area contributed by atoms with Gasteiger partial charge in [0.25, 0.3) is 5.89 Å². The molecular weight excluding hydrogens is 461 g/mol. The number of pyridine rings is 2. The van der Waals surface area contributed by atoms with Crippen LogP contribution >= 0.6 is 0 Å². The summed E-state index contributed by atoms with van der Waals surface area (Å²) < 4.78 is 20.3. The minimum absolute atomic E-state index is 0.00881. The molecule has 3 aromatic heterocycles. The molecule has 0 aliphatic carbocycles. The number of nitrogens with one attached hydrogen (secondary N) is 1. The van der Waals surface area contributed by atoms with Gasteiger partial charge in [0.05, 0.1) is 5.39 Å². The van der Waals surface area contributed by atoms with E-state index in [-0.39, 0.29) is 41.0 Å². The lowest BCUT2D eigenvalue weighted by Gasteiger charge is -2.13. The van der Waals surface area contributed by atoms with Crippen LogP contribution in [0.4, 0.5) is 10.1 Å². The lowest BCUT2D eigenvalue weighted by molar-refractivity contribution is -0.116. The molecule has 1 N–H and O–H groups in total. The number of amides is 1. The Kier molecular flexibility index (Phi) is 5.89. The monoisotopic (exact) mass is 483 g/mol. The molecule has 0 spiro atoms. The van der Waals surface area contributed by atoms with E-state index in [1.54, 1.807) is 16.7 Å². The number of carbonyl (C=O) groups excluding carboxylic acids is 1. The van der Waals surface area contributed by atoms with Gasteiger partial charge < -0.3 is 14.4 Å². The maximum atomic E-state index is 13.3. The molecule has 1 amide bonds. The van der Waals surface area contributed by atoms with Gasteiger partial charge in [-0.2, -0.15) is 4.98 Å². The lowest BCUT2D eigenvalue weighted by Crippen LogP contribution is -2.22. The molecule has 0 bridgehead atoms. The molecule has 2 aromatic carbocycles. The average Bonchev–Trinajstić information content (AvgIpc) is 3.33. The van der Waals surface area contributed by atoms with Crippen molar-refractivity contribution in [2.24, 2.45) is 0 Å². The van der Waals surface area contributed by atoms with E-state index in [4.69, 9.17) is 4.52 Å². The van der Waals surface area contributed by atoms with Gasteiger partial charge >= 0.3 is 0 Å². The molecule has 0 saturated heterocycles. The van der Waals surface area contributed by atoms with Crippen LogP contribution in [0.2, 0.25) is 0 Å². The van der Waals surface area contributed by atoms with Gasteiger partial charge in [0.15, 0.2) is 0 Å². The molecule has 0 fully saturated rings. The van der Waals surface area contributed by atoms with Crippen LogP contribution in [-0.4, -0.2) is 25.6 Å². The third-order valence-electron chi connectivity index (χ3n) is 5.80. The molecule has 5 rings (SSSR count). The standard InChI is InChI=1S/C27H22FN5O3/c1-15-4-5-16(2)22(12-15)30-23(34)14-33-13-21(24(35)20-11-6-17(3)29-26(20)33)27-31-25(32-36-27)18-7-9-19(28)10-8-18/h4-13H,14H2,1-3H3,(H,30,34). The Morgan fingerprint density at radius 1 is 1.03 bits per heavy atom. The summed E-state index contributed by atoms with van der Waals surface area (Å²) in [5.41, 5.74) is 4.08. The van der Waals surface area contributed by atoms with E-state index >= 15 is 0 Å². The maximum Gasteiger partial charge on any atom is 0.263 e. The highest BCUT2D eigenvalue weighted by Gasteiger charge is 2.19. The fourth-order valence-electron chi connectivity index (χ4n) is 3.90. The van der Waals surface area contributed by atoms with E-state index in [1.807, 2.05) is 39.0 Å². The largest absolute Gasteiger partial charge is 0.333 e. The molecule has 0 aliphatic rings. The smallest absolute Gasteiger partial charge is 0.263 e. The van der Waals surface area contributed by atoms with Gasteiger partial charge in [0.1, 0.15) is 23.6 Å². The Morgan fingerprint density at radius 2 is 1.81 bits per heavy atom. The minimum atomic E-state index is -0.387. The average molecular weight is 484 g/mol. The zero-order valence-electron chi connectivity index (χ0n) is 19.9. The Bertz CT molecular complexity index is 1670. The Balaban J connectivity index is 1.55. The fourth-order valence-corrected chi connectivity index (χ4v) is 3.90. The number of halogens is 1. The molecule has 0 unspecified atom stereocenters. The van der Waals surface area contributed by atoms with Crippen molar-refractivity contribution in [1.82, 2.24) is 19.7 Å². The molecule has 8 nitrogen and oxygen atoms in total. The fraction of sp³-hybridized carbons (Fsp3) is 0.148. The van der Waals surface area contributed by atoms with E-state index in [9.17, 15) is 14.0 Å². The second kappa shape index (κ2) is 9.18. The van der Waals surface area contributed by atoms with Crippen LogP contribution in [0.25, 0.3) is 33.9 Å². The Morgan fingerprint density at radius 3 is 2.58 bits per heavy atom. The van der Waals surface area contributed by atoms with Crippen molar-refractivity contribution in [2.45, 2.75) is 27.3 Å². The van der Waals surface area contributed by atoms with Crippen molar-refractivity contribution in [3.8, 4) is 22.8 Å². The second-order valence-electron chi connectivity index (χ2n) is 8.62. The minimum Gasteiger partial charge on any atom is -0.333 e. The van der Waals surface area contributed by atoms with Gasteiger partial charge in [-0.25, -0.2) is 9.37 Å². The van der Waals surface area contributed by atoms with Crippen molar-refractivity contribution in [3.63, 3.8) is 0 Å². The van der Waals surface area contributed by atoms with Crippen molar-refractivity contribution in [1.29, 1.82) is 0 Å². The molecule has 0 aliphatic heterocycles. The number of fused-ring (bicyclic) bond motifs is 1. The van der Waals surface area contributed by atoms with Crippen LogP contribution in [0.3, 0.4) is 0 Å². The van der Waals surface area contributed by atoms with Crippen molar-refractivity contribution >= 4 is 22.6 Å². The van der Waals surface area contributed by atoms with Crippen LogP contribution in [0, 0.1) is 26.6 Å². The zero-order valence-corrected chi connectivity index (χ0v) is 19.9. The summed E-state index contributed by atoms with van der Waals surface area (Å²) in [5.74, 6) is -0.460. The number of anilines is 1. The first kappa shape index (κ1) is 23.1. The van der Waals surface area contributed by atoms with Gasteiger partial charge in [0.2, 0.25) is 17.2 Å². The number of benzene rings is 2. The van der Waals surface area contributed by atoms with E-state index in [2.05, 4.69) is 20.4 Å². The molecule has 0 radical (unpaired) electrons. The van der Waals surface area contributed by atoms with Crippen LogP contribution in [0.15, 0.2) is 70.1 Å². The Labute approximate surface area is 205 Å². The van der Waals surface area contributed by atoms with E-state index in [0.29, 0.717) is 22.3 Å². The van der Waals surface area contributed by atoms with Crippen LogP contribution in [0.1, 0.15) is 16.8 Å². The topological polar surface area (TPSA) is 103 Å². The number of rotatable bonds is 5. The van der Waals surface area contributed by atoms with E-state index < -0.39 is 0 Å². The van der Waals surface area contributed by atoms with Gasteiger partial charge in [-0.1, -0.05) is 17.3 Å². The second-order valence-corrected chi connectivity index (χ2v) is 8.62. The SMILES string of the molecule is Cc1ccc(C)c(NC(=O)Cn2cc(-c3nc(-c4ccc(F)cc4)no3)c(=O)c3ccc(C)nc32)c1. The van der Waals surface area contributed by atoms with Gasteiger partial charge in [-0.05, 0) is 74.4 Å². The molecule has 9 heteroatoms. The third-order valence-corrected chi connectivity index (χ3v) is 5.80. The van der Waals surface area contributed by atoms with Crippen LogP contribution in [-0.2, 0) is 11.3 Å². The van der Waals surface area contributed by atoms with Gasteiger partial charge in [-0.15, -0.1) is 0 Å². The quantitative estimate of drug-likeness (QED) is 0.385. The molecular formula is C27H22FN5O3. The first-order chi connectivity index (χ1) is 17.3. The summed E-state index contributed by atoms with van der Waals surface area (Å²) in [7, 11) is 0. The van der Waals surface area contributed by atoms with Gasteiger partial charge in [0, 0.05) is 23.1 Å². The zero-order chi connectivity index (χ0) is 25.4. The first-order valence-corrected chi connectivity index (χ1v) is 11.3. The molecule has 5 aromatic rings. The number of carbonyl (C=O) groups is 1. The maximum absolute atomic E-state index is 13.3. The van der Waals surface area contributed by atoms with E-state index in [0.717, 1.165) is 16.8 Å². The third kappa shape index (κ3) is 4.50. The predicted molar refractivity (Wildman–Crippen MR) is 134 cm³/mol. The summed E-state index contributed by atoms with van der Waals surface area (Å²) in [6, 6.07) is 14.8. The molecule has 180 valence electrons. The lowest BCUT2D eigenvalue weighted by atomic mass is 10.1. The Hall–Kier alpha value is -4.66.